The van der Waals surface area contributed by atoms with E-state index in [1.165, 1.54) is 17.7 Å². The van der Waals surface area contributed by atoms with Crippen LogP contribution in [0.1, 0.15) is 42.3 Å². The Hall–Kier alpha value is -2.36. The van der Waals surface area contributed by atoms with E-state index in [-0.39, 0.29) is 5.82 Å². The molecule has 120 valence electrons. The highest BCUT2D eigenvalue weighted by molar-refractivity contribution is 5.91. The molecule has 23 heavy (non-hydrogen) atoms. The highest BCUT2D eigenvalue weighted by atomic mass is 19.1. The molecule has 0 aliphatic carbocycles. The Kier molecular flexibility index (Phi) is 4.07. The number of hydrogen-bond acceptors (Lipinski definition) is 2. The average Bonchev–Trinajstić information content (AvgIpc) is 2.82. The molecule has 0 fully saturated rings. The number of ether oxygens (including phenoxy) is 1. The minimum Gasteiger partial charge on any atom is -0.485 e. The van der Waals surface area contributed by atoms with E-state index in [0.29, 0.717) is 12.5 Å². The summed E-state index contributed by atoms with van der Waals surface area (Å²) < 4.78 is 18.9. The van der Waals surface area contributed by atoms with Gasteiger partial charge in [-0.15, -0.1) is 0 Å². The van der Waals surface area contributed by atoms with Crippen LogP contribution in [0.5, 0.6) is 5.75 Å². The molecule has 0 aliphatic heterocycles. The molecule has 0 saturated heterocycles. The monoisotopic (exact) mass is 312 g/mol. The number of hydrogen-bond donors (Lipinski definition) is 1. The number of aryl methyl sites for hydroxylation is 2. The zero-order valence-corrected chi connectivity index (χ0v) is 13.9. The molecule has 0 atom stereocenters. The van der Waals surface area contributed by atoms with Crippen LogP contribution in [0.2, 0.25) is 0 Å². The highest BCUT2D eigenvalue weighted by Gasteiger charge is 2.17. The predicted molar refractivity (Wildman–Crippen MR) is 90.4 cm³/mol. The van der Waals surface area contributed by atoms with E-state index in [2.05, 4.69) is 37.7 Å². The zero-order chi connectivity index (χ0) is 16.6. The third kappa shape index (κ3) is 2.93. The summed E-state index contributed by atoms with van der Waals surface area (Å²) in [4.78, 5) is 8.01. The fourth-order valence-electron chi connectivity index (χ4n) is 2.77. The lowest BCUT2D eigenvalue weighted by molar-refractivity contribution is 0.308. The van der Waals surface area contributed by atoms with Crippen LogP contribution in [0, 0.1) is 19.7 Å². The SMILES string of the molecule is Cc1[nH]c2c(OCc3ccc(F)cc3)cnc(C(C)C)c2c1C. The number of rotatable bonds is 4. The van der Waals surface area contributed by atoms with Crippen molar-refractivity contribution in [1.29, 1.82) is 0 Å². The van der Waals surface area contributed by atoms with Crippen LogP contribution in [-0.4, -0.2) is 9.97 Å². The maximum Gasteiger partial charge on any atom is 0.162 e. The van der Waals surface area contributed by atoms with E-state index in [1.54, 1.807) is 18.3 Å². The third-order valence-electron chi connectivity index (χ3n) is 4.18. The van der Waals surface area contributed by atoms with E-state index in [1.807, 2.05) is 0 Å². The second kappa shape index (κ2) is 6.03. The first-order valence-electron chi connectivity index (χ1n) is 7.82. The number of aromatic nitrogens is 2. The van der Waals surface area contributed by atoms with Gasteiger partial charge in [0.1, 0.15) is 12.4 Å². The first kappa shape index (κ1) is 15.5. The second-order valence-electron chi connectivity index (χ2n) is 6.20. The van der Waals surface area contributed by atoms with Crippen LogP contribution in [0.4, 0.5) is 4.39 Å². The molecule has 0 bridgehead atoms. The van der Waals surface area contributed by atoms with Gasteiger partial charge < -0.3 is 9.72 Å². The van der Waals surface area contributed by atoms with Crippen molar-refractivity contribution in [1.82, 2.24) is 9.97 Å². The standard InChI is InChI=1S/C19H21FN2O/c1-11(2)18-17-12(3)13(4)22-19(17)16(9-21-18)23-10-14-5-7-15(20)8-6-14/h5-9,11,22H,10H2,1-4H3. The van der Waals surface area contributed by atoms with Crippen LogP contribution in [0.3, 0.4) is 0 Å². The van der Waals surface area contributed by atoms with Gasteiger partial charge in [-0.3, -0.25) is 4.98 Å². The van der Waals surface area contributed by atoms with Crippen LogP contribution in [0.15, 0.2) is 30.5 Å². The Balaban J connectivity index is 1.97. The summed E-state index contributed by atoms with van der Waals surface area (Å²) >= 11 is 0. The minimum atomic E-state index is -0.241. The van der Waals surface area contributed by atoms with Gasteiger partial charge in [-0.2, -0.15) is 0 Å². The Morgan fingerprint density at radius 3 is 2.52 bits per heavy atom. The summed E-state index contributed by atoms with van der Waals surface area (Å²) in [5.41, 5.74) is 5.33. The number of halogens is 1. The molecule has 2 heterocycles. The Bertz CT molecular complexity index is 835. The molecule has 3 nitrogen and oxygen atoms in total. The molecular weight excluding hydrogens is 291 g/mol. The molecule has 4 heteroatoms. The van der Waals surface area contributed by atoms with Gasteiger partial charge in [0.15, 0.2) is 5.75 Å². The quantitative estimate of drug-likeness (QED) is 0.734. The maximum atomic E-state index is 13.0. The van der Waals surface area contributed by atoms with Crippen molar-refractivity contribution in [2.24, 2.45) is 0 Å². The third-order valence-corrected chi connectivity index (χ3v) is 4.18. The van der Waals surface area contributed by atoms with E-state index >= 15 is 0 Å². The molecule has 0 amide bonds. The van der Waals surface area contributed by atoms with Gasteiger partial charge >= 0.3 is 0 Å². The molecule has 0 radical (unpaired) electrons. The number of nitrogens with zero attached hydrogens (tertiary/aromatic N) is 1. The lowest BCUT2D eigenvalue weighted by Gasteiger charge is -2.12. The topological polar surface area (TPSA) is 37.9 Å². The zero-order valence-electron chi connectivity index (χ0n) is 13.9. The first-order valence-corrected chi connectivity index (χ1v) is 7.82. The second-order valence-corrected chi connectivity index (χ2v) is 6.20. The maximum absolute atomic E-state index is 13.0. The summed E-state index contributed by atoms with van der Waals surface area (Å²) in [5, 5.41) is 1.15. The number of fused-ring (bicyclic) bond motifs is 1. The average molecular weight is 312 g/mol. The molecule has 3 rings (SSSR count). The highest BCUT2D eigenvalue weighted by Crippen LogP contribution is 2.34. The predicted octanol–water partition coefficient (Wildman–Crippen LogP) is 5.02. The van der Waals surface area contributed by atoms with Gasteiger partial charge in [-0.25, -0.2) is 4.39 Å². The van der Waals surface area contributed by atoms with Gasteiger partial charge in [0.2, 0.25) is 0 Å². The number of nitrogens with one attached hydrogen (secondary N) is 1. The van der Waals surface area contributed by atoms with Gasteiger partial charge in [-0.05, 0) is 43.0 Å². The molecule has 0 unspecified atom stereocenters. The van der Waals surface area contributed by atoms with Crippen LogP contribution < -0.4 is 4.74 Å². The number of aromatic amines is 1. The van der Waals surface area contributed by atoms with Gasteiger partial charge in [0, 0.05) is 11.1 Å². The number of pyridine rings is 1. The molecule has 1 aromatic carbocycles. The molecular formula is C19H21FN2O. The van der Waals surface area contributed by atoms with Crippen LogP contribution >= 0.6 is 0 Å². The van der Waals surface area contributed by atoms with E-state index in [9.17, 15) is 4.39 Å². The van der Waals surface area contributed by atoms with Gasteiger partial charge in [0.25, 0.3) is 0 Å². The summed E-state index contributed by atoms with van der Waals surface area (Å²) in [7, 11) is 0. The van der Waals surface area contributed by atoms with Crippen LogP contribution in [-0.2, 0) is 6.61 Å². The molecule has 0 spiro atoms. The normalized spacial score (nSPS) is 11.4. The molecule has 1 N–H and O–H groups in total. The van der Waals surface area contributed by atoms with Crippen molar-refractivity contribution in [2.45, 2.75) is 40.2 Å². The smallest absolute Gasteiger partial charge is 0.162 e. The van der Waals surface area contributed by atoms with E-state index in [0.717, 1.165) is 33.6 Å². The molecule has 0 saturated carbocycles. The summed E-state index contributed by atoms with van der Waals surface area (Å²) in [6.07, 6.45) is 1.77. The minimum absolute atomic E-state index is 0.241. The fourth-order valence-corrected chi connectivity index (χ4v) is 2.77. The first-order chi connectivity index (χ1) is 11.0. The van der Waals surface area contributed by atoms with Crippen molar-refractivity contribution in [3.63, 3.8) is 0 Å². The summed E-state index contributed by atoms with van der Waals surface area (Å²) in [6, 6.07) is 6.34. The van der Waals surface area contributed by atoms with Gasteiger partial charge in [0.05, 0.1) is 17.4 Å². The largest absolute Gasteiger partial charge is 0.485 e. The van der Waals surface area contributed by atoms with Crippen molar-refractivity contribution >= 4 is 10.9 Å². The van der Waals surface area contributed by atoms with Crippen molar-refractivity contribution in [3.05, 3.63) is 58.8 Å². The lowest BCUT2D eigenvalue weighted by atomic mass is 10.0. The molecule has 0 aliphatic rings. The summed E-state index contributed by atoms with van der Waals surface area (Å²) in [6.45, 7) is 8.83. The molecule has 2 aromatic heterocycles. The van der Waals surface area contributed by atoms with Crippen molar-refractivity contribution in [2.75, 3.05) is 0 Å². The van der Waals surface area contributed by atoms with Crippen molar-refractivity contribution < 1.29 is 9.13 Å². The number of benzene rings is 1. The van der Waals surface area contributed by atoms with E-state index in [4.69, 9.17) is 4.74 Å². The van der Waals surface area contributed by atoms with Gasteiger partial charge in [-0.1, -0.05) is 26.0 Å². The lowest BCUT2D eigenvalue weighted by Crippen LogP contribution is -2.00. The van der Waals surface area contributed by atoms with Crippen LogP contribution in [0.25, 0.3) is 10.9 Å². The number of H-pyrrole nitrogens is 1. The van der Waals surface area contributed by atoms with E-state index < -0.39 is 0 Å². The fraction of sp³-hybridized carbons (Fsp3) is 0.316. The Morgan fingerprint density at radius 1 is 1.17 bits per heavy atom. The Labute approximate surface area is 135 Å². The summed E-state index contributed by atoms with van der Waals surface area (Å²) in [5.74, 6) is 0.831. The Morgan fingerprint density at radius 2 is 1.87 bits per heavy atom. The molecule has 3 aromatic rings. The van der Waals surface area contributed by atoms with Crippen molar-refractivity contribution in [3.8, 4) is 5.75 Å².